The number of carboxylic acids is 1. The van der Waals surface area contributed by atoms with Crippen LogP contribution in [0.15, 0.2) is 97.1 Å². The van der Waals surface area contributed by atoms with Crippen molar-refractivity contribution >= 4 is 81.6 Å². The summed E-state index contributed by atoms with van der Waals surface area (Å²) in [6, 6.07) is 23.5. The van der Waals surface area contributed by atoms with Crippen LogP contribution in [0.5, 0.6) is 0 Å². The summed E-state index contributed by atoms with van der Waals surface area (Å²) in [7, 11) is 7.91. The molecule has 0 radical (unpaired) electrons. The molecule has 0 saturated carbocycles. The molecule has 19 heteroatoms. The summed E-state index contributed by atoms with van der Waals surface area (Å²) < 4.78 is 3.82. The highest BCUT2D eigenvalue weighted by molar-refractivity contribution is 6.07. The van der Waals surface area contributed by atoms with Crippen molar-refractivity contribution in [1.29, 1.82) is 0 Å². The second kappa shape index (κ2) is 26.4. The highest BCUT2D eigenvalue weighted by Gasteiger charge is 2.17. The Hall–Kier alpha value is -8.00. The van der Waals surface area contributed by atoms with E-state index in [1.807, 2.05) is 80.3 Å². The first-order valence-electron chi connectivity index (χ1n) is 22.2. The van der Waals surface area contributed by atoms with Gasteiger partial charge in [0.15, 0.2) is 0 Å². The summed E-state index contributed by atoms with van der Waals surface area (Å²) in [6.45, 7) is 8.43. The lowest BCUT2D eigenvalue weighted by molar-refractivity contribution is -0.131. The van der Waals surface area contributed by atoms with Crippen molar-refractivity contribution in [2.24, 2.45) is 17.2 Å². The number of fused-ring (bicyclic) bond motifs is 2. The van der Waals surface area contributed by atoms with E-state index in [4.69, 9.17) is 22.3 Å². The molecule has 0 bridgehead atoms. The number of nitrogens with one attached hydrogen (secondary N) is 3. The van der Waals surface area contributed by atoms with Crippen LogP contribution >= 0.6 is 0 Å². The SMILES string of the molecule is CCCn1c(NC(=O)c2cccc(C(N)=O)c2)nc2cc(/C=C/C(=O)NCCN(C)C)ccc21.CCCn1c(NC(=O)c2cccc(C(N)=O)c2)nc2cc(/C=C/C(=O)O)ccc21.CN(C)CCN. The molecule has 6 aromatic rings. The maximum atomic E-state index is 12.8. The number of carboxylic acid groups (broad SMARTS) is 1. The number of carbonyl (C=O) groups excluding carboxylic acids is 5. The number of imidazole rings is 2. The van der Waals surface area contributed by atoms with Gasteiger partial charge in [0.2, 0.25) is 29.6 Å². The van der Waals surface area contributed by atoms with E-state index in [9.17, 15) is 28.8 Å². The van der Waals surface area contributed by atoms with Gasteiger partial charge < -0.3 is 46.6 Å². The Labute approximate surface area is 401 Å². The monoisotopic (exact) mass is 942 g/mol. The van der Waals surface area contributed by atoms with Gasteiger partial charge in [0.05, 0.1) is 22.1 Å². The van der Waals surface area contributed by atoms with E-state index in [2.05, 4.69) is 30.8 Å². The minimum Gasteiger partial charge on any atom is -0.478 e. The molecule has 0 fully saturated rings. The Morgan fingerprint density at radius 3 is 1.43 bits per heavy atom. The molecule has 0 aliphatic heterocycles. The molecular formula is C50H62N12O7. The van der Waals surface area contributed by atoms with Gasteiger partial charge in [-0.1, -0.05) is 38.1 Å². The number of amides is 5. The van der Waals surface area contributed by atoms with E-state index >= 15 is 0 Å². The van der Waals surface area contributed by atoms with Gasteiger partial charge in [-0.3, -0.25) is 34.6 Å². The van der Waals surface area contributed by atoms with Crippen molar-refractivity contribution in [1.82, 2.24) is 34.2 Å². The Morgan fingerprint density at radius 1 is 0.623 bits per heavy atom. The van der Waals surface area contributed by atoms with Crippen molar-refractivity contribution in [2.75, 3.05) is 65.0 Å². The average molecular weight is 943 g/mol. The van der Waals surface area contributed by atoms with Crippen LogP contribution in [0.25, 0.3) is 34.2 Å². The zero-order chi connectivity index (χ0) is 50.6. The van der Waals surface area contributed by atoms with Crippen LogP contribution < -0.4 is 33.2 Å². The highest BCUT2D eigenvalue weighted by Crippen LogP contribution is 2.25. The van der Waals surface area contributed by atoms with Gasteiger partial charge in [-0.15, -0.1) is 0 Å². The Kier molecular flexibility index (Phi) is 20.5. The number of primary amides is 2. The van der Waals surface area contributed by atoms with Gasteiger partial charge in [-0.25, -0.2) is 14.8 Å². The smallest absolute Gasteiger partial charge is 0.328 e. The summed E-state index contributed by atoms with van der Waals surface area (Å²) in [6.07, 6.45) is 7.43. The molecule has 0 aliphatic rings. The molecule has 5 amide bonds. The van der Waals surface area contributed by atoms with Crippen molar-refractivity contribution in [3.05, 3.63) is 130 Å². The third-order valence-corrected chi connectivity index (χ3v) is 9.99. The van der Waals surface area contributed by atoms with E-state index in [1.54, 1.807) is 48.5 Å². The van der Waals surface area contributed by atoms with Crippen LogP contribution in [0.1, 0.15) is 79.2 Å². The van der Waals surface area contributed by atoms with Crippen LogP contribution in [0.2, 0.25) is 0 Å². The number of nitrogens with two attached hydrogens (primary N) is 3. The standard InChI is InChI=1S/C25H30N6O3.C21H20N4O4.C4H12N2/c1-4-13-31-21-10-8-17(9-11-22(32)27-12-14-30(2)3)15-20(21)28-25(31)29-24(34)19-7-5-6-18(16-19)23(26)33;1-2-10-25-17-8-6-13(7-9-18(26)27)11-16(17)23-21(25)24-20(29)15-5-3-4-14(12-15)19(22)28;1-6(2)4-3-5/h5-11,15-16H,4,12-14H2,1-3H3,(H2,26,33)(H,27,32)(H,28,29,34);3-9,11-12H,2,10H2,1H3,(H2,22,28)(H,26,27)(H,23,24,29);3-5H2,1-2H3/b11-9+;9-7+;. The van der Waals surface area contributed by atoms with Crippen LogP contribution in [-0.4, -0.2) is 124 Å². The Bertz CT molecular complexity index is 2830. The molecule has 0 aliphatic carbocycles. The van der Waals surface area contributed by atoms with Crippen LogP contribution in [-0.2, 0) is 22.7 Å². The number of hydrogen-bond donors (Lipinski definition) is 7. The fourth-order valence-corrected chi connectivity index (χ4v) is 6.63. The predicted molar refractivity (Wildman–Crippen MR) is 271 cm³/mol. The second-order valence-corrected chi connectivity index (χ2v) is 16.2. The summed E-state index contributed by atoms with van der Waals surface area (Å²) in [5.74, 6) is -2.42. The van der Waals surface area contributed by atoms with Crippen LogP contribution in [0.3, 0.4) is 0 Å². The first-order valence-corrected chi connectivity index (χ1v) is 22.2. The van der Waals surface area contributed by atoms with Crippen molar-refractivity contribution in [3.63, 3.8) is 0 Å². The normalized spacial score (nSPS) is 11.1. The molecule has 19 nitrogen and oxygen atoms in total. The van der Waals surface area contributed by atoms with E-state index < -0.39 is 23.7 Å². The highest BCUT2D eigenvalue weighted by atomic mass is 16.4. The molecule has 2 heterocycles. The number of aryl methyl sites for hydroxylation is 2. The maximum Gasteiger partial charge on any atom is 0.328 e. The fourth-order valence-electron chi connectivity index (χ4n) is 6.63. The number of aliphatic carboxylic acids is 1. The molecule has 0 saturated heterocycles. The number of carbonyl (C=O) groups is 6. The van der Waals surface area contributed by atoms with Crippen LogP contribution in [0, 0.1) is 0 Å². The van der Waals surface area contributed by atoms with E-state index in [0.29, 0.717) is 59.3 Å². The molecule has 4 aromatic carbocycles. The summed E-state index contributed by atoms with van der Waals surface area (Å²) in [5.41, 5.74) is 21.4. The Morgan fingerprint density at radius 2 is 1.06 bits per heavy atom. The van der Waals surface area contributed by atoms with Crippen molar-refractivity contribution < 1.29 is 33.9 Å². The summed E-state index contributed by atoms with van der Waals surface area (Å²) in [5, 5.41) is 17.2. The first kappa shape index (κ1) is 53.6. The molecule has 0 atom stereocenters. The average Bonchev–Trinajstić information content (AvgIpc) is 3.83. The fraction of sp³-hybridized carbons (Fsp3) is 0.280. The van der Waals surface area contributed by atoms with E-state index in [-0.39, 0.29) is 22.9 Å². The molecule has 69 heavy (non-hydrogen) atoms. The first-order chi connectivity index (χ1) is 32.9. The van der Waals surface area contributed by atoms with Gasteiger partial charge in [0, 0.05) is 73.7 Å². The molecular weight excluding hydrogens is 881 g/mol. The zero-order valence-electron chi connectivity index (χ0n) is 39.9. The topological polar surface area (TPSA) is 279 Å². The van der Waals surface area contributed by atoms with Crippen molar-refractivity contribution in [3.8, 4) is 0 Å². The molecule has 10 N–H and O–H groups in total. The molecule has 6 rings (SSSR count). The van der Waals surface area contributed by atoms with Gasteiger partial charge >= 0.3 is 5.97 Å². The minimum atomic E-state index is -1.03. The number of hydrogen-bond acceptors (Lipinski definition) is 11. The van der Waals surface area contributed by atoms with Crippen LogP contribution in [0.4, 0.5) is 11.9 Å². The zero-order valence-corrected chi connectivity index (χ0v) is 39.9. The number of benzene rings is 4. The summed E-state index contributed by atoms with van der Waals surface area (Å²) in [4.78, 5) is 84.2. The second-order valence-electron chi connectivity index (χ2n) is 16.2. The number of nitrogens with zero attached hydrogens (tertiary/aromatic N) is 6. The predicted octanol–water partition coefficient (Wildman–Crippen LogP) is 4.89. The molecule has 2 aromatic heterocycles. The van der Waals surface area contributed by atoms with Gasteiger partial charge in [-0.05, 0) is 125 Å². The lowest BCUT2D eigenvalue weighted by Crippen LogP contribution is -2.30. The Balaban J connectivity index is 0.000000271. The van der Waals surface area contributed by atoms with E-state index in [1.165, 1.54) is 30.4 Å². The number of aromatic nitrogens is 4. The third kappa shape index (κ3) is 16.4. The van der Waals surface area contributed by atoms with Crippen molar-refractivity contribution in [2.45, 2.75) is 39.8 Å². The van der Waals surface area contributed by atoms with Gasteiger partial charge in [0.25, 0.3) is 11.8 Å². The van der Waals surface area contributed by atoms with E-state index in [0.717, 1.165) is 55.1 Å². The number of rotatable bonds is 19. The number of anilines is 2. The molecule has 364 valence electrons. The quantitative estimate of drug-likeness (QED) is 0.0535. The number of likely N-dealkylation sites (N-methyl/N-ethyl adjacent to an activating group) is 2. The third-order valence-electron chi connectivity index (χ3n) is 9.99. The van der Waals surface area contributed by atoms with Gasteiger partial charge in [-0.2, -0.15) is 0 Å². The minimum absolute atomic E-state index is 0.162. The summed E-state index contributed by atoms with van der Waals surface area (Å²) >= 11 is 0. The maximum absolute atomic E-state index is 12.8. The lowest BCUT2D eigenvalue weighted by Gasteiger charge is -2.09. The van der Waals surface area contributed by atoms with Gasteiger partial charge in [0.1, 0.15) is 0 Å². The lowest BCUT2D eigenvalue weighted by atomic mass is 10.1. The molecule has 0 spiro atoms. The molecule has 0 unspecified atom stereocenters. The largest absolute Gasteiger partial charge is 0.478 e.